The van der Waals surface area contributed by atoms with Crippen LogP contribution in [0.5, 0.6) is 0 Å². The van der Waals surface area contributed by atoms with Gasteiger partial charge in [0, 0.05) is 10.8 Å². The van der Waals surface area contributed by atoms with Crippen molar-refractivity contribution in [2.45, 2.75) is 54.4 Å². The third-order valence-corrected chi connectivity index (χ3v) is 3.53. The summed E-state index contributed by atoms with van der Waals surface area (Å²) in [6.45, 7) is 14.7. The fourth-order valence-corrected chi connectivity index (χ4v) is 2.87. The van der Waals surface area contributed by atoms with Crippen molar-refractivity contribution < 1.29 is 4.74 Å². The van der Waals surface area contributed by atoms with Crippen molar-refractivity contribution in [1.82, 2.24) is 0 Å². The molecule has 15 heavy (non-hydrogen) atoms. The Kier molecular flexibility index (Phi) is 2.07. The molecule has 0 radical (unpaired) electrons. The van der Waals surface area contributed by atoms with Crippen LogP contribution in [0.2, 0.25) is 0 Å². The zero-order chi connectivity index (χ0) is 11.5. The largest absolute Gasteiger partial charge is 0.496 e. The molecule has 1 fully saturated rings. The summed E-state index contributed by atoms with van der Waals surface area (Å²) in [6.07, 6.45) is 2.67. The Bertz CT molecular complexity index is 305. The first-order valence-corrected chi connectivity index (χ1v) is 6.05. The molecule has 0 unspecified atom stereocenters. The Hall–Kier alpha value is -0.460. The predicted molar refractivity (Wildman–Crippen MR) is 63.6 cm³/mol. The first-order valence-electron chi connectivity index (χ1n) is 6.05. The molecule has 1 spiro atoms. The van der Waals surface area contributed by atoms with E-state index < -0.39 is 0 Å². The van der Waals surface area contributed by atoms with E-state index in [9.17, 15) is 0 Å². The summed E-state index contributed by atoms with van der Waals surface area (Å²) in [7, 11) is 0. The van der Waals surface area contributed by atoms with Crippen molar-refractivity contribution in [2.24, 2.45) is 16.2 Å². The minimum absolute atomic E-state index is 0.161. The number of hydrogen-bond donors (Lipinski definition) is 0. The molecule has 0 aromatic carbocycles. The molecule has 1 aliphatic heterocycles. The van der Waals surface area contributed by atoms with Crippen LogP contribution in [-0.4, -0.2) is 6.61 Å². The smallest absolute Gasteiger partial charge is 0.102 e. The normalized spacial score (nSPS) is 24.7. The molecular weight excluding hydrogens is 184 g/mol. The summed E-state index contributed by atoms with van der Waals surface area (Å²) in [5.41, 5.74) is 2.45. The molecule has 0 atom stereocenters. The van der Waals surface area contributed by atoms with Crippen molar-refractivity contribution in [3.05, 3.63) is 11.3 Å². The molecule has 1 aliphatic carbocycles. The van der Waals surface area contributed by atoms with Crippen molar-refractivity contribution in [2.75, 3.05) is 6.61 Å². The van der Waals surface area contributed by atoms with Crippen molar-refractivity contribution >= 4 is 0 Å². The number of allylic oxidation sites excluding steroid dienone is 1. The van der Waals surface area contributed by atoms with E-state index in [4.69, 9.17) is 4.74 Å². The summed E-state index contributed by atoms with van der Waals surface area (Å²) in [5, 5.41) is 0. The average molecular weight is 208 g/mol. The van der Waals surface area contributed by atoms with Crippen molar-refractivity contribution in [1.29, 1.82) is 0 Å². The van der Waals surface area contributed by atoms with E-state index in [1.165, 1.54) is 18.6 Å². The molecule has 0 N–H and O–H groups in total. The van der Waals surface area contributed by atoms with Gasteiger partial charge >= 0.3 is 0 Å². The van der Waals surface area contributed by atoms with Gasteiger partial charge in [-0.05, 0) is 23.8 Å². The topological polar surface area (TPSA) is 9.23 Å². The maximum Gasteiger partial charge on any atom is 0.102 e. The molecule has 0 aromatic rings. The van der Waals surface area contributed by atoms with Crippen LogP contribution >= 0.6 is 0 Å². The summed E-state index contributed by atoms with van der Waals surface area (Å²) < 4.78 is 6.01. The maximum absolute atomic E-state index is 6.01. The highest BCUT2D eigenvalue weighted by molar-refractivity contribution is 5.35. The second-order valence-corrected chi connectivity index (χ2v) is 7.27. The van der Waals surface area contributed by atoms with E-state index in [1.54, 1.807) is 5.57 Å². The van der Waals surface area contributed by atoms with Gasteiger partial charge in [0.2, 0.25) is 0 Å². The van der Waals surface area contributed by atoms with Crippen LogP contribution in [-0.2, 0) is 4.74 Å². The van der Waals surface area contributed by atoms with E-state index in [0.717, 1.165) is 6.61 Å². The lowest BCUT2D eigenvalue weighted by Gasteiger charge is -2.29. The monoisotopic (exact) mass is 208 g/mol. The number of rotatable bonds is 0. The Balaban J connectivity index is 2.48. The summed E-state index contributed by atoms with van der Waals surface area (Å²) in [6, 6.07) is 0. The van der Waals surface area contributed by atoms with Gasteiger partial charge < -0.3 is 4.74 Å². The van der Waals surface area contributed by atoms with Crippen LogP contribution in [0.3, 0.4) is 0 Å². The van der Waals surface area contributed by atoms with E-state index in [1.807, 2.05) is 0 Å². The van der Waals surface area contributed by atoms with Crippen LogP contribution in [0, 0.1) is 16.2 Å². The van der Waals surface area contributed by atoms with Gasteiger partial charge in [0.1, 0.15) is 5.76 Å². The van der Waals surface area contributed by atoms with Gasteiger partial charge in [-0.1, -0.05) is 41.5 Å². The highest BCUT2D eigenvalue weighted by atomic mass is 16.5. The van der Waals surface area contributed by atoms with Gasteiger partial charge in [0.05, 0.1) is 6.61 Å². The van der Waals surface area contributed by atoms with Crippen LogP contribution in [0.15, 0.2) is 11.3 Å². The second kappa shape index (κ2) is 2.81. The zero-order valence-electron chi connectivity index (χ0n) is 11.0. The summed E-state index contributed by atoms with van der Waals surface area (Å²) in [5.74, 6) is 1.27. The van der Waals surface area contributed by atoms with Crippen LogP contribution in [0.4, 0.5) is 0 Å². The Morgan fingerprint density at radius 1 is 0.933 bits per heavy atom. The zero-order valence-corrected chi connectivity index (χ0v) is 11.0. The summed E-state index contributed by atoms with van der Waals surface area (Å²) in [4.78, 5) is 0. The molecule has 0 bridgehead atoms. The van der Waals surface area contributed by atoms with Crippen LogP contribution < -0.4 is 0 Å². The lowest BCUT2D eigenvalue weighted by atomic mass is 9.74. The third-order valence-electron chi connectivity index (χ3n) is 3.53. The molecule has 86 valence electrons. The van der Waals surface area contributed by atoms with Crippen molar-refractivity contribution in [3.8, 4) is 0 Å². The van der Waals surface area contributed by atoms with Crippen molar-refractivity contribution in [3.63, 3.8) is 0 Å². The fraction of sp³-hybridized carbons (Fsp3) is 0.857. The van der Waals surface area contributed by atoms with Gasteiger partial charge in [0.25, 0.3) is 0 Å². The predicted octanol–water partition coefficient (Wildman–Crippen LogP) is 4.14. The molecule has 2 rings (SSSR count). The fourth-order valence-electron chi connectivity index (χ4n) is 2.87. The van der Waals surface area contributed by atoms with Gasteiger partial charge in [-0.25, -0.2) is 0 Å². The molecule has 1 nitrogen and oxygen atoms in total. The highest BCUT2D eigenvalue weighted by Crippen LogP contribution is 2.63. The minimum atomic E-state index is 0.161. The van der Waals surface area contributed by atoms with Gasteiger partial charge in [-0.3, -0.25) is 0 Å². The lowest BCUT2D eigenvalue weighted by molar-refractivity contribution is 0.159. The van der Waals surface area contributed by atoms with Gasteiger partial charge in [0.15, 0.2) is 0 Å². The Morgan fingerprint density at radius 3 is 1.80 bits per heavy atom. The Morgan fingerprint density at radius 2 is 1.47 bits per heavy atom. The quantitative estimate of drug-likeness (QED) is 0.581. The van der Waals surface area contributed by atoms with E-state index in [2.05, 4.69) is 41.5 Å². The average Bonchev–Trinajstić information content (AvgIpc) is 2.56. The first kappa shape index (κ1) is 11.0. The summed E-state index contributed by atoms with van der Waals surface area (Å²) >= 11 is 0. The Labute approximate surface area is 93.9 Å². The van der Waals surface area contributed by atoms with Gasteiger partial charge in [-0.2, -0.15) is 0 Å². The van der Waals surface area contributed by atoms with E-state index >= 15 is 0 Å². The minimum Gasteiger partial charge on any atom is -0.496 e. The van der Waals surface area contributed by atoms with Gasteiger partial charge in [-0.15, -0.1) is 0 Å². The molecule has 2 aliphatic rings. The number of hydrogen-bond acceptors (Lipinski definition) is 1. The molecule has 0 saturated heterocycles. The lowest BCUT2D eigenvalue weighted by Crippen LogP contribution is -2.21. The van der Waals surface area contributed by atoms with Crippen LogP contribution in [0.1, 0.15) is 54.4 Å². The standard InChI is InChI=1S/C14H24O/c1-12(2,3)10-11(13(4,5)6)15-9-14(10)7-8-14/h7-9H2,1-6H3. The van der Waals surface area contributed by atoms with E-state index in [0.29, 0.717) is 5.41 Å². The second-order valence-electron chi connectivity index (χ2n) is 7.27. The number of ether oxygens (including phenoxy) is 1. The molecule has 1 saturated carbocycles. The van der Waals surface area contributed by atoms with Crippen LogP contribution in [0.25, 0.3) is 0 Å². The third kappa shape index (κ3) is 1.70. The molecule has 1 heterocycles. The molecular formula is C14H24O. The maximum atomic E-state index is 6.01. The highest BCUT2D eigenvalue weighted by Gasteiger charge is 2.56. The molecule has 0 amide bonds. The molecule has 0 aromatic heterocycles. The molecule has 1 heteroatoms. The first-order chi connectivity index (χ1) is 6.67. The SMILES string of the molecule is CC(C)(C)C1=C(C(C)(C)C)C2(CC2)CO1. The van der Waals surface area contributed by atoms with E-state index in [-0.39, 0.29) is 10.8 Å².